The lowest BCUT2D eigenvalue weighted by Crippen LogP contribution is -1.88. The van der Waals surface area contributed by atoms with E-state index in [9.17, 15) is 10.1 Å². The van der Waals surface area contributed by atoms with Crippen molar-refractivity contribution in [1.82, 2.24) is 9.97 Å². The van der Waals surface area contributed by atoms with Crippen molar-refractivity contribution in [3.05, 3.63) is 58.2 Å². The van der Waals surface area contributed by atoms with Crippen LogP contribution in [-0.4, -0.2) is 14.9 Å². The molecule has 6 nitrogen and oxygen atoms in total. The molecule has 0 unspecified atom stereocenters. The summed E-state index contributed by atoms with van der Waals surface area (Å²) < 4.78 is 0. The molecule has 2 aromatic rings. The molecule has 2 heterocycles. The lowest BCUT2D eigenvalue weighted by Gasteiger charge is -1.89. The Bertz CT molecular complexity index is 500. The van der Waals surface area contributed by atoms with Crippen molar-refractivity contribution >= 4 is 72.6 Å². The highest BCUT2D eigenvalue weighted by Crippen LogP contribution is 2.07. The Morgan fingerprint density at radius 2 is 1.52 bits per heavy atom. The number of aryl methyl sites for hydroxylation is 2. The van der Waals surface area contributed by atoms with Gasteiger partial charge in [0.1, 0.15) is 6.20 Å². The second-order valence-electron chi connectivity index (χ2n) is 3.65. The summed E-state index contributed by atoms with van der Waals surface area (Å²) >= 11 is 4.24. The fraction of sp³-hybridized carbons (Fsp3) is 0.167. The fourth-order valence-electron chi connectivity index (χ4n) is 1.05. The van der Waals surface area contributed by atoms with Gasteiger partial charge in [0, 0.05) is 54.7 Å². The average Bonchev–Trinajstić information content (AvgIpc) is 2.45. The van der Waals surface area contributed by atoms with Gasteiger partial charge in [0.2, 0.25) is 0 Å². The van der Waals surface area contributed by atoms with Gasteiger partial charge in [0.25, 0.3) is 5.69 Å². The van der Waals surface area contributed by atoms with Crippen LogP contribution >= 0.6 is 61.2 Å². The molecule has 0 atom stereocenters. The minimum absolute atomic E-state index is 0. The Labute approximate surface area is 163 Å². The van der Waals surface area contributed by atoms with E-state index in [0.717, 1.165) is 17.1 Å². The number of aromatic nitrogens is 2. The van der Waals surface area contributed by atoms with Gasteiger partial charge in [-0.3, -0.25) is 20.1 Å². The lowest BCUT2D eigenvalue weighted by atomic mass is 10.3. The van der Waals surface area contributed by atoms with E-state index < -0.39 is 4.92 Å². The molecule has 0 aliphatic heterocycles. The van der Waals surface area contributed by atoms with E-state index in [4.69, 9.17) is 5.73 Å². The zero-order chi connectivity index (χ0) is 15.5. The molecule has 0 saturated heterocycles. The molecule has 0 radical (unpaired) electrons. The fourth-order valence-corrected chi connectivity index (χ4v) is 1.05. The van der Waals surface area contributed by atoms with E-state index in [-0.39, 0.29) is 29.7 Å². The number of rotatable bonds is 1. The zero-order valence-corrected chi connectivity index (χ0v) is 18.0. The van der Waals surface area contributed by atoms with Crippen LogP contribution in [-0.2, 0) is 0 Å². The lowest BCUT2D eigenvalue weighted by molar-refractivity contribution is -0.385. The summed E-state index contributed by atoms with van der Waals surface area (Å²) in [6, 6.07) is 6.76. The number of hydrogen-bond donors (Lipinski definition) is 1. The van der Waals surface area contributed by atoms with Crippen molar-refractivity contribution in [3.63, 3.8) is 0 Å². The molecule has 2 aromatic heterocycles. The molecular weight excluding hydrogens is 613 g/mol. The largest absolute Gasteiger partial charge is 0.397 e. The maximum atomic E-state index is 10.1. The molecule has 0 saturated carbocycles. The molecule has 0 fully saturated rings. The molecule has 0 aliphatic carbocycles. The van der Waals surface area contributed by atoms with Crippen LogP contribution in [0.3, 0.4) is 0 Å². The minimum atomic E-state index is -0.466. The first-order chi connectivity index (χ1) is 9.49. The highest BCUT2D eigenvalue weighted by Gasteiger charge is 2.01. The number of hydrogen-bond acceptors (Lipinski definition) is 5. The Balaban J connectivity index is 0. The summed E-state index contributed by atoms with van der Waals surface area (Å²) in [4.78, 5) is 17.3. The SMILES string of the molecule is Cc1ccc(N)cn1.Cc1ccc([N+](=O)[O-])cn1.I.II. The number of halogens is 3. The van der Waals surface area contributed by atoms with Gasteiger partial charge >= 0.3 is 0 Å². The molecule has 21 heavy (non-hydrogen) atoms. The third-order valence-electron chi connectivity index (χ3n) is 2.04. The van der Waals surface area contributed by atoms with E-state index in [1.54, 1.807) is 19.2 Å². The second-order valence-corrected chi connectivity index (χ2v) is 3.65. The molecule has 0 spiro atoms. The summed E-state index contributed by atoms with van der Waals surface area (Å²) in [5, 5.41) is 10.1. The first kappa shape index (κ1) is 23.0. The summed E-state index contributed by atoms with van der Waals surface area (Å²) in [5.74, 6) is 0. The van der Waals surface area contributed by atoms with Gasteiger partial charge in [0.05, 0.1) is 16.8 Å². The minimum Gasteiger partial charge on any atom is -0.397 e. The number of nitro groups is 1. The maximum Gasteiger partial charge on any atom is 0.287 e. The van der Waals surface area contributed by atoms with E-state index in [0.29, 0.717) is 0 Å². The standard InChI is InChI=1S/C6H6N2O2.C6H8N2.I2.HI/c1-5-2-3-6(4-7-5)8(9)10;1-5-2-3-6(7)4-8-5;1-2;/h2-4H,1H3;2-4H,7H2,1H3;;1H. The highest BCUT2D eigenvalue weighted by molar-refractivity contribution is 15.0. The van der Waals surface area contributed by atoms with Crippen LogP contribution in [0.1, 0.15) is 11.4 Å². The average molecular weight is 628 g/mol. The van der Waals surface area contributed by atoms with Crippen LogP contribution in [0.4, 0.5) is 11.4 Å². The normalized spacial score (nSPS) is 8.19. The van der Waals surface area contributed by atoms with Crippen LogP contribution in [0.25, 0.3) is 0 Å². The molecule has 0 aliphatic rings. The summed E-state index contributed by atoms with van der Waals surface area (Å²) in [5.41, 5.74) is 7.90. The van der Waals surface area contributed by atoms with Crippen LogP contribution in [0.15, 0.2) is 36.7 Å². The van der Waals surface area contributed by atoms with Crippen molar-refractivity contribution in [3.8, 4) is 0 Å². The predicted octanol–water partition coefficient (Wildman–Crippen LogP) is 4.66. The molecule has 116 valence electrons. The summed E-state index contributed by atoms with van der Waals surface area (Å²) in [6.07, 6.45) is 2.89. The molecular formula is C12H15I3N4O2. The monoisotopic (exact) mass is 628 g/mol. The van der Waals surface area contributed by atoms with Gasteiger partial charge in [-0.1, -0.05) is 0 Å². The van der Waals surface area contributed by atoms with Crippen molar-refractivity contribution in [2.75, 3.05) is 5.73 Å². The number of nitrogens with zero attached hydrogens (tertiary/aromatic N) is 3. The third kappa shape index (κ3) is 11.0. The molecule has 0 amide bonds. The van der Waals surface area contributed by atoms with E-state index in [1.165, 1.54) is 12.3 Å². The maximum absolute atomic E-state index is 10.1. The number of anilines is 1. The van der Waals surface area contributed by atoms with Gasteiger partial charge in [-0.2, -0.15) is 0 Å². The number of pyridine rings is 2. The van der Waals surface area contributed by atoms with Crippen LogP contribution in [0.5, 0.6) is 0 Å². The zero-order valence-electron chi connectivity index (χ0n) is 11.4. The molecule has 0 bridgehead atoms. The molecule has 2 N–H and O–H groups in total. The first-order valence-corrected chi connectivity index (χ1v) is 11.7. The summed E-state index contributed by atoms with van der Waals surface area (Å²) in [7, 11) is 0. The number of nitrogens with two attached hydrogens (primary N) is 1. The van der Waals surface area contributed by atoms with Crippen LogP contribution < -0.4 is 5.73 Å². The highest BCUT2D eigenvalue weighted by atomic mass is 128. The Hall–Kier alpha value is -0.310. The molecule has 0 aromatic carbocycles. The summed E-state index contributed by atoms with van der Waals surface area (Å²) in [6.45, 7) is 3.71. The predicted molar refractivity (Wildman–Crippen MR) is 112 cm³/mol. The molecule has 9 heteroatoms. The van der Waals surface area contributed by atoms with Gasteiger partial charge in [-0.25, -0.2) is 0 Å². The van der Waals surface area contributed by atoms with Crippen molar-refractivity contribution in [2.24, 2.45) is 0 Å². The number of nitrogen functional groups attached to an aromatic ring is 1. The Kier molecular flexibility index (Phi) is 14.6. The van der Waals surface area contributed by atoms with Crippen molar-refractivity contribution < 1.29 is 4.92 Å². The Morgan fingerprint density at radius 1 is 1.05 bits per heavy atom. The van der Waals surface area contributed by atoms with Gasteiger partial charge in [-0.05, 0) is 32.0 Å². The van der Waals surface area contributed by atoms with E-state index >= 15 is 0 Å². The Morgan fingerprint density at radius 3 is 1.81 bits per heavy atom. The third-order valence-corrected chi connectivity index (χ3v) is 2.04. The van der Waals surface area contributed by atoms with Gasteiger partial charge < -0.3 is 5.73 Å². The second kappa shape index (κ2) is 13.4. The van der Waals surface area contributed by atoms with Crippen LogP contribution in [0.2, 0.25) is 0 Å². The first-order valence-electron chi connectivity index (χ1n) is 5.38. The van der Waals surface area contributed by atoms with Crippen molar-refractivity contribution in [2.45, 2.75) is 13.8 Å². The smallest absolute Gasteiger partial charge is 0.287 e. The van der Waals surface area contributed by atoms with E-state index in [2.05, 4.69) is 47.2 Å². The van der Waals surface area contributed by atoms with Crippen LogP contribution in [0, 0.1) is 24.0 Å². The molecule has 2 rings (SSSR count). The quantitative estimate of drug-likeness (QED) is 0.282. The van der Waals surface area contributed by atoms with Crippen molar-refractivity contribution in [1.29, 1.82) is 0 Å². The van der Waals surface area contributed by atoms with E-state index in [1.807, 2.05) is 19.1 Å². The topological polar surface area (TPSA) is 94.9 Å². The van der Waals surface area contributed by atoms with Gasteiger partial charge in [0.15, 0.2) is 0 Å². The van der Waals surface area contributed by atoms with Gasteiger partial charge in [-0.15, -0.1) is 24.0 Å².